The summed E-state index contributed by atoms with van der Waals surface area (Å²) in [5.74, 6) is 1.24. The van der Waals surface area contributed by atoms with Crippen LogP contribution in [0.4, 0.5) is 0 Å². The van der Waals surface area contributed by atoms with Crippen molar-refractivity contribution in [3.63, 3.8) is 0 Å². The molecule has 1 aliphatic carbocycles. The summed E-state index contributed by atoms with van der Waals surface area (Å²) in [6, 6.07) is 6.17. The van der Waals surface area contributed by atoms with Crippen LogP contribution >= 0.6 is 0 Å². The average Bonchev–Trinajstić information content (AvgIpc) is 2.81. The predicted octanol–water partition coefficient (Wildman–Crippen LogP) is 2.82. The smallest absolute Gasteiger partial charge is 0.203 e. The van der Waals surface area contributed by atoms with Gasteiger partial charge in [0, 0.05) is 6.04 Å². The molecule has 0 radical (unpaired) electrons. The SMILES string of the molecule is CC1(C)CCC(NCc2ccc(C#N)o2)C1. The highest BCUT2D eigenvalue weighted by Crippen LogP contribution is 2.36. The Morgan fingerprint density at radius 1 is 1.56 bits per heavy atom. The second kappa shape index (κ2) is 4.31. The van der Waals surface area contributed by atoms with E-state index in [1.54, 1.807) is 6.07 Å². The molecule has 1 heterocycles. The van der Waals surface area contributed by atoms with Gasteiger partial charge in [-0.05, 0) is 36.8 Å². The lowest BCUT2D eigenvalue weighted by atomic mass is 9.92. The number of nitrogens with one attached hydrogen (secondary N) is 1. The molecule has 1 N–H and O–H groups in total. The van der Waals surface area contributed by atoms with E-state index < -0.39 is 0 Å². The molecule has 0 amide bonds. The van der Waals surface area contributed by atoms with Crippen LogP contribution in [0.5, 0.6) is 0 Å². The van der Waals surface area contributed by atoms with E-state index in [0.29, 0.717) is 17.2 Å². The Labute approximate surface area is 96.4 Å². The van der Waals surface area contributed by atoms with Gasteiger partial charge in [-0.15, -0.1) is 0 Å². The number of rotatable bonds is 3. The molecule has 1 unspecified atom stereocenters. The Hall–Kier alpha value is -1.27. The molecule has 1 saturated carbocycles. The first-order valence-corrected chi connectivity index (χ1v) is 5.81. The number of furan rings is 1. The van der Waals surface area contributed by atoms with Crippen LogP contribution < -0.4 is 5.32 Å². The average molecular weight is 218 g/mol. The lowest BCUT2D eigenvalue weighted by Gasteiger charge is -2.17. The van der Waals surface area contributed by atoms with Gasteiger partial charge in [0.1, 0.15) is 11.8 Å². The summed E-state index contributed by atoms with van der Waals surface area (Å²) in [6.45, 7) is 5.35. The maximum absolute atomic E-state index is 8.64. The van der Waals surface area contributed by atoms with E-state index in [2.05, 4.69) is 19.2 Å². The zero-order valence-corrected chi connectivity index (χ0v) is 9.92. The third-order valence-corrected chi connectivity index (χ3v) is 3.31. The van der Waals surface area contributed by atoms with Gasteiger partial charge < -0.3 is 9.73 Å². The summed E-state index contributed by atoms with van der Waals surface area (Å²) >= 11 is 0. The van der Waals surface area contributed by atoms with Crippen molar-refractivity contribution < 1.29 is 4.42 Å². The standard InChI is InChI=1S/C13H18N2O/c1-13(2)6-5-10(7-13)15-9-12-4-3-11(8-14)16-12/h3-4,10,15H,5-7,9H2,1-2H3. The van der Waals surface area contributed by atoms with Gasteiger partial charge in [0.15, 0.2) is 0 Å². The Morgan fingerprint density at radius 3 is 2.94 bits per heavy atom. The van der Waals surface area contributed by atoms with Gasteiger partial charge in [-0.1, -0.05) is 13.8 Å². The molecule has 16 heavy (non-hydrogen) atoms. The van der Waals surface area contributed by atoms with Crippen molar-refractivity contribution in [2.75, 3.05) is 0 Å². The first-order valence-electron chi connectivity index (χ1n) is 5.81. The van der Waals surface area contributed by atoms with E-state index in [0.717, 1.165) is 12.3 Å². The normalized spacial score (nSPS) is 23.2. The second-order valence-corrected chi connectivity index (χ2v) is 5.36. The molecule has 0 saturated heterocycles. The molecule has 0 aromatic carbocycles. The minimum absolute atomic E-state index is 0.392. The zero-order valence-electron chi connectivity index (χ0n) is 9.92. The Bertz CT molecular complexity index is 400. The minimum atomic E-state index is 0.392. The van der Waals surface area contributed by atoms with E-state index in [4.69, 9.17) is 9.68 Å². The molecule has 0 aliphatic heterocycles. The monoisotopic (exact) mass is 218 g/mol. The molecule has 3 nitrogen and oxygen atoms in total. The first-order chi connectivity index (χ1) is 7.59. The quantitative estimate of drug-likeness (QED) is 0.848. The van der Waals surface area contributed by atoms with Crippen molar-refractivity contribution in [2.45, 2.75) is 45.7 Å². The van der Waals surface area contributed by atoms with Crippen LogP contribution in [0, 0.1) is 16.7 Å². The maximum atomic E-state index is 8.64. The zero-order chi connectivity index (χ0) is 11.6. The summed E-state index contributed by atoms with van der Waals surface area (Å²) in [4.78, 5) is 0. The third kappa shape index (κ3) is 2.65. The predicted molar refractivity (Wildman–Crippen MR) is 61.7 cm³/mol. The van der Waals surface area contributed by atoms with Gasteiger partial charge in [0.05, 0.1) is 6.54 Å². The molecule has 3 heteroatoms. The van der Waals surface area contributed by atoms with Crippen LogP contribution in [-0.4, -0.2) is 6.04 Å². The molecule has 1 fully saturated rings. The number of hydrogen-bond donors (Lipinski definition) is 1. The van der Waals surface area contributed by atoms with Gasteiger partial charge in [-0.2, -0.15) is 5.26 Å². The maximum Gasteiger partial charge on any atom is 0.203 e. The highest BCUT2D eigenvalue weighted by atomic mass is 16.3. The van der Waals surface area contributed by atoms with Gasteiger partial charge in [-0.3, -0.25) is 0 Å². The van der Waals surface area contributed by atoms with Crippen molar-refractivity contribution in [1.82, 2.24) is 5.32 Å². The molecule has 1 atom stereocenters. The van der Waals surface area contributed by atoms with Gasteiger partial charge in [0.2, 0.25) is 5.76 Å². The summed E-state index contributed by atoms with van der Waals surface area (Å²) in [5, 5.41) is 12.1. The van der Waals surface area contributed by atoms with Crippen LogP contribution in [-0.2, 0) is 6.54 Å². The molecule has 1 aliphatic rings. The van der Waals surface area contributed by atoms with Crippen molar-refractivity contribution in [1.29, 1.82) is 5.26 Å². The fourth-order valence-corrected chi connectivity index (χ4v) is 2.39. The fourth-order valence-electron chi connectivity index (χ4n) is 2.39. The molecule has 0 spiro atoms. The number of nitriles is 1. The minimum Gasteiger partial charge on any atom is -0.449 e. The van der Waals surface area contributed by atoms with E-state index in [-0.39, 0.29) is 0 Å². The Morgan fingerprint density at radius 2 is 2.38 bits per heavy atom. The van der Waals surface area contributed by atoms with Crippen molar-refractivity contribution in [3.8, 4) is 6.07 Å². The number of hydrogen-bond acceptors (Lipinski definition) is 3. The molecule has 1 aromatic rings. The van der Waals surface area contributed by atoms with Gasteiger partial charge in [-0.25, -0.2) is 0 Å². The fraction of sp³-hybridized carbons (Fsp3) is 0.615. The van der Waals surface area contributed by atoms with Crippen LogP contribution in [0.2, 0.25) is 0 Å². The topological polar surface area (TPSA) is 49.0 Å². The van der Waals surface area contributed by atoms with Crippen LogP contribution in [0.15, 0.2) is 16.5 Å². The van der Waals surface area contributed by atoms with E-state index in [1.807, 2.05) is 12.1 Å². The lowest BCUT2D eigenvalue weighted by molar-refractivity contribution is 0.359. The third-order valence-electron chi connectivity index (χ3n) is 3.31. The van der Waals surface area contributed by atoms with Crippen LogP contribution in [0.1, 0.15) is 44.6 Å². The second-order valence-electron chi connectivity index (χ2n) is 5.36. The molecule has 0 bridgehead atoms. The number of nitrogens with zero attached hydrogens (tertiary/aromatic N) is 1. The van der Waals surface area contributed by atoms with E-state index >= 15 is 0 Å². The highest BCUT2D eigenvalue weighted by Gasteiger charge is 2.30. The van der Waals surface area contributed by atoms with Crippen molar-refractivity contribution in [2.24, 2.45) is 5.41 Å². The summed E-state index contributed by atoms with van der Waals surface area (Å²) < 4.78 is 5.32. The van der Waals surface area contributed by atoms with Crippen molar-refractivity contribution in [3.05, 3.63) is 23.7 Å². The van der Waals surface area contributed by atoms with Crippen molar-refractivity contribution >= 4 is 0 Å². The molecule has 2 rings (SSSR count). The Kier molecular flexibility index (Phi) is 3.02. The Balaban J connectivity index is 1.82. The summed E-state index contributed by atoms with van der Waals surface area (Å²) in [7, 11) is 0. The van der Waals surface area contributed by atoms with Gasteiger partial charge in [0.25, 0.3) is 0 Å². The highest BCUT2D eigenvalue weighted by molar-refractivity contribution is 5.19. The van der Waals surface area contributed by atoms with E-state index in [9.17, 15) is 0 Å². The molecular formula is C13H18N2O. The van der Waals surface area contributed by atoms with E-state index in [1.165, 1.54) is 19.3 Å². The summed E-state index contributed by atoms with van der Waals surface area (Å²) in [5.41, 5.74) is 0.471. The van der Waals surface area contributed by atoms with Crippen LogP contribution in [0.3, 0.4) is 0 Å². The largest absolute Gasteiger partial charge is 0.449 e. The lowest BCUT2D eigenvalue weighted by Crippen LogP contribution is -2.26. The molecule has 1 aromatic heterocycles. The molecule has 86 valence electrons. The van der Waals surface area contributed by atoms with Crippen LogP contribution in [0.25, 0.3) is 0 Å². The first kappa shape index (κ1) is 11.2. The van der Waals surface area contributed by atoms with Gasteiger partial charge >= 0.3 is 0 Å². The molecular weight excluding hydrogens is 200 g/mol. The summed E-state index contributed by atoms with van der Waals surface area (Å²) in [6.07, 6.45) is 3.74.